The van der Waals surface area contributed by atoms with Gasteiger partial charge in [-0.25, -0.2) is 8.42 Å². The van der Waals surface area contributed by atoms with E-state index in [0.29, 0.717) is 30.1 Å². The van der Waals surface area contributed by atoms with Crippen LogP contribution in [0.15, 0.2) is 24.3 Å². The lowest BCUT2D eigenvalue weighted by Gasteiger charge is -2.22. The van der Waals surface area contributed by atoms with Gasteiger partial charge in [-0.3, -0.25) is 9.10 Å². The molecule has 2 aliphatic carbocycles. The van der Waals surface area contributed by atoms with Crippen molar-refractivity contribution in [2.45, 2.75) is 32.1 Å². The van der Waals surface area contributed by atoms with Gasteiger partial charge in [-0.2, -0.15) is 0 Å². The third-order valence-corrected chi connectivity index (χ3v) is 7.77. The summed E-state index contributed by atoms with van der Waals surface area (Å²) in [6.07, 6.45) is 5.90. The van der Waals surface area contributed by atoms with Crippen LogP contribution in [0.4, 0.5) is 5.69 Å². The lowest BCUT2D eigenvalue weighted by molar-refractivity contribution is 0.0942. The fraction of sp³-hybridized carbons (Fsp3) is 0.611. The van der Waals surface area contributed by atoms with E-state index in [2.05, 4.69) is 5.32 Å². The summed E-state index contributed by atoms with van der Waals surface area (Å²) in [6, 6.07) is 6.96. The molecular weight excluding hydrogens is 324 g/mol. The fourth-order valence-corrected chi connectivity index (χ4v) is 6.24. The highest BCUT2D eigenvalue weighted by molar-refractivity contribution is 7.93. The molecule has 1 N–H and O–H groups in total. The number of carbonyl (C=O) groups is 1. The Labute approximate surface area is 143 Å². The minimum atomic E-state index is -3.21. The second-order valence-electron chi connectivity index (χ2n) is 7.44. The molecule has 130 valence electrons. The molecule has 3 unspecified atom stereocenters. The first kappa shape index (κ1) is 15.9. The molecule has 1 heterocycles. The molecule has 2 saturated carbocycles. The van der Waals surface area contributed by atoms with Crippen molar-refractivity contribution in [3.8, 4) is 0 Å². The summed E-state index contributed by atoms with van der Waals surface area (Å²) in [5.74, 6) is 2.37. The topological polar surface area (TPSA) is 66.5 Å². The van der Waals surface area contributed by atoms with E-state index in [-0.39, 0.29) is 11.7 Å². The van der Waals surface area contributed by atoms with E-state index in [1.807, 2.05) is 0 Å². The highest BCUT2D eigenvalue weighted by Gasteiger charge is 2.39. The Hall–Kier alpha value is -1.56. The highest BCUT2D eigenvalue weighted by Crippen LogP contribution is 2.47. The summed E-state index contributed by atoms with van der Waals surface area (Å²) in [7, 11) is -3.21. The minimum Gasteiger partial charge on any atom is -0.352 e. The van der Waals surface area contributed by atoms with Gasteiger partial charge in [-0.1, -0.05) is 12.5 Å². The number of amides is 1. The van der Waals surface area contributed by atoms with E-state index in [4.69, 9.17) is 0 Å². The summed E-state index contributed by atoms with van der Waals surface area (Å²) < 4.78 is 25.5. The average Bonchev–Trinajstić information content (AvgIpc) is 3.27. The van der Waals surface area contributed by atoms with Crippen LogP contribution in [-0.4, -0.2) is 33.2 Å². The third kappa shape index (κ3) is 2.92. The van der Waals surface area contributed by atoms with E-state index in [1.165, 1.54) is 30.0 Å². The number of anilines is 1. The van der Waals surface area contributed by atoms with Crippen molar-refractivity contribution in [2.75, 3.05) is 23.1 Å². The molecule has 0 spiro atoms. The van der Waals surface area contributed by atoms with Gasteiger partial charge in [-0.05, 0) is 61.6 Å². The molecule has 0 radical (unpaired) electrons. The van der Waals surface area contributed by atoms with Gasteiger partial charge in [0.1, 0.15) is 0 Å². The van der Waals surface area contributed by atoms with E-state index >= 15 is 0 Å². The molecule has 24 heavy (non-hydrogen) atoms. The SMILES string of the molecule is O=C(NCC1CC2CCC1C2)c1cccc(N2CCCS2(=O)=O)c1. The molecule has 3 fully saturated rings. The van der Waals surface area contributed by atoms with Crippen LogP contribution >= 0.6 is 0 Å². The molecular formula is C18H24N2O3S. The molecule has 1 aliphatic heterocycles. The summed E-state index contributed by atoms with van der Waals surface area (Å²) in [5.41, 5.74) is 1.14. The quantitative estimate of drug-likeness (QED) is 0.908. The number of hydrogen-bond donors (Lipinski definition) is 1. The molecule has 0 aromatic heterocycles. The summed E-state index contributed by atoms with van der Waals surface area (Å²) in [5, 5.41) is 3.06. The van der Waals surface area contributed by atoms with Crippen LogP contribution in [0.5, 0.6) is 0 Å². The smallest absolute Gasteiger partial charge is 0.251 e. The number of rotatable bonds is 4. The Balaban J connectivity index is 1.42. The van der Waals surface area contributed by atoms with Crippen molar-refractivity contribution in [1.82, 2.24) is 5.32 Å². The molecule has 1 aromatic rings. The Morgan fingerprint density at radius 3 is 2.79 bits per heavy atom. The standard InChI is InChI=1S/C18H24N2O3S/c21-18(19-12-16-10-13-5-6-14(16)9-13)15-3-1-4-17(11-15)20-7-2-8-24(20,22)23/h1,3-4,11,13-14,16H,2,5-10,12H2,(H,19,21). The van der Waals surface area contributed by atoms with E-state index in [9.17, 15) is 13.2 Å². The zero-order valence-corrected chi connectivity index (χ0v) is 14.6. The van der Waals surface area contributed by atoms with Gasteiger partial charge in [0.15, 0.2) is 0 Å². The minimum absolute atomic E-state index is 0.101. The Bertz CT molecular complexity index is 746. The predicted molar refractivity (Wildman–Crippen MR) is 93.5 cm³/mol. The fourth-order valence-electron chi connectivity index (χ4n) is 4.68. The number of benzene rings is 1. The van der Waals surface area contributed by atoms with Crippen LogP contribution in [0.3, 0.4) is 0 Å². The van der Waals surface area contributed by atoms with Crippen molar-refractivity contribution >= 4 is 21.6 Å². The normalized spacial score (nSPS) is 30.7. The summed E-state index contributed by atoms with van der Waals surface area (Å²) in [6.45, 7) is 1.24. The monoisotopic (exact) mass is 348 g/mol. The van der Waals surface area contributed by atoms with E-state index in [0.717, 1.165) is 18.4 Å². The Kier molecular flexibility index (Phi) is 4.03. The van der Waals surface area contributed by atoms with Crippen molar-refractivity contribution < 1.29 is 13.2 Å². The van der Waals surface area contributed by atoms with Gasteiger partial charge in [0.25, 0.3) is 5.91 Å². The first-order valence-electron chi connectivity index (χ1n) is 8.91. The lowest BCUT2D eigenvalue weighted by Crippen LogP contribution is -2.32. The second-order valence-corrected chi connectivity index (χ2v) is 9.45. The molecule has 1 amide bonds. The van der Waals surface area contributed by atoms with Crippen LogP contribution in [0.1, 0.15) is 42.5 Å². The zero-order chi connectivity index (χ0) is 16.7. The average molecular weight is 348 g/mol. The van der Waals surface area contributed by atoms with Gasteiger partial charge in [0.2, 0.25) is 10.0 Å². The highest BCUT2D eigenvalue weighted by atomic mass is 32.2. The maximum atomic E-state index is 12.5. The molecule has 1 aromatic carbocycles. The maximum Gasteiger partial charge on any atom is 0.251 e. The van der Waals surface area contributed by atoms with E-state index in [1.54, 1.807) is 24.3 Å². The molecule has 1 saturated heterocycles. The number of carbonyl (C=O) groups excluding carboxylic acids is 1. The third-order valence-electron chi connectivity index (χ3n) is 5.90. The lowest BCUT2D eigenvalue weighted by atomic mass is 9.89. The molecule has 5 nitrogen and oxygen atoms in total. The molecule has 3 atom stereocenters. The molecule has 4 rings (SSSR count). The van der Waals surface area contributed by atoms with Gasteiger partial charge in [0.05, 0.1) is 11.4 Å². The summed E-state index contributed by atoms with van der Waals surface area (Å²) in [4.78, 5) is 12.5. The van der Waals surface area contributed by atoms with Gasteiger partial charge >= 0.3 is 0 Å². The number of fused-ring (bicyclic) bond motifs is 2. The largest absolute Gasteiger partial charge is 0.352 e. The van der Waals surface area contributed by atoms with Crippen LogP contribution in [-0.2, 0) is 10.0 Å². The number of nitrogens with one attached hydrogen (secondary N) is 1. The molecule has 2 bridgehead atoms. The Morgan fingerprint density at radius 2 is 2.12 bits per heavy atom. The van der Waals surface area contributed by atoms with Gasteiger partial charge in [-0.15, -0.1) is 0 Å². The first-order chi connectivity index (χ1) is 11.5. The van der Waals surface area contributed by atoms with Crippen molar-refractivity contribution in [3.05, 3.63) is 29.8 Å². The van der Waals surface area contributed by atoms with Crippen LogP contribution in [0, 0.1) is 17.8 Å². The summed E-state index contributed by atoms with van der Waals surface area (Å²) >= 11 is 0. The van der Waals surface area contributed by atoms with Crippen LogP contribution in [0.25, 0.3) is 0 Å². The van der Waals surface area contributed by atoms with Crippen molar-refractivity contribution in [3.63, 3.8) is 0 Å². The Morgan fingerprint density at radius 1 is 1.25 bits per heavy atom. The van der Waals surface area contributed by atoms with E-state index < -0.39 is 10.0 Å². The zero-order valence-electron chi connectivity index (χ0n) is 13.8. The van der Waals surface area contributed by atoms with Gasteiger partial charge in [0, 0.05) is 18.7 Å². The second kappa shape index (κ2) is 6.06. The number of nitrogens with zero attached hydrogens (tertiary/aromatic N) is 1. The van der Waals surface area contributed by atoms with Crippen molar-refractivity contribution in [2.24, 2.45) is 17.8 Å². The maximum absolute atomic E-state index is 12.5. The van der Waals surface area contributed by atoms with Crippen molar-refractivity contribution in [1.29, 1.82) is 0 Å². The molecule has 3 aliphatic rings. The van der Waals surface area contributed by atoms with Crippen LogP contribution < -0.4 is 9.62 Å². The number of hydrogen-bond acceptors (Lipinski definition) is 3. The predicted octanol–water partition coefficient (Wildman–Crippen LogP) is 2.39. The van der Waals surface area contributed by atoms with Crippen LogP contribution in [0.2, 0.25) is 0 Å². The number of sulfonamides is 1. The first-order valence-corrected chi connectivity index (χ1v) is 10.5. The van der Waals surface area contributed by atoms with Gasteiger partial charge < -0.3 is 5.32 Å². The molecule has 6 heteroatoms.